The molecular formula is C11H14BrN3O2. The number of anilines is 1. The molecule has 1 aliphatic heterocycles. The molecule has 6 heteroatoms. The minimum Gasteiger partial charge on any atom is -0.361 e. The summed E-state index contributed by atoms with van der Waals surface area (Å²) in [6, 6.07) is 5.43. The number of likely N-dealkylation sites (N-methyl/N-ethyl adjacent to an activating group) is 1. The van der Waals surface area contributed by atoms with Crippen molar-refractivity contribution in [1.82, 2.24) is 5.32 Å². The van der Waals surface area contributed by atoms with Crippen LogP contribution in [0.3, 0.4) is 0 Å². The van der Waals surface area contributed by atoms with Gasteiger partial charge in [0.05, 0.1) is 11.0 Å². The van der Waals surface area contributed by atoms with E-state index in [4.69, 9.17) is 0 Å². The van der Waals surface area contributed by atoms with Crippen LogP contribution in [0.15, 0.2) is 22.7 Å². The molecule has 1 N–H and O–H groups in total. The molecule has 17 heavy (non-hydrogen) atoms. The maximum atomic E-state index is 11.0. The minimum absolute atomic E-state index is 0.168. The highest BCUT2D eigenvalue weighted by Crippen LogP contribution is 2.32. The van der Waals surface area contributed by atoms with Gasteiger partial charge in [0, 0.05) is 30.2 Å². The summed E-state index contributed by atoms with van der Waals surface area (Å²) in [4.78, 5) is 12.8. The van der Waals surface area contributed by atoms with Gasteiger partial charge in [0.1, 0.15) is 5.69 Å². The van der Waals surface area contributed by atoms with Crippen molar-refractivity contribution in [2.24, 2.45) is 0 Å². The molecule has 0 aromatic heterocycles. The summed E-state index contributed by atoms with van der Waals surface area (Å²) in [5.74, 6) is 0. The molecule has 1 aromatic carbocycles. The molecule has 0 bridgehead atoms. The van der Waals surface area contributed by atoms with Crippen molar-refractivity contribution in [1.29, 1.82) is 0 Å². The maximum absolute atomic E-state index is 11.0. The average molecular weight is 300 g/mol. The number of nitrogens with zero attached hydrogens (tertiary/aromatic N) is 2. The van der Waals surface area contributed by atoms with Crippen LogP contribution < -0.4 is 10.2 Å². The molecule has 0 radical (unpaired) electrons. The minimum atomic E-state index is -0.323. The molecule has 1 saturated heterocycles. The van der Waals surface area contributed by atoms with E-state index in [1.807, 2.05) is 13.0 Å². The van der Waals surface area contributed by atoms with Gasteiger partial charge in [-0.3, -0.25) is 10.1 Å². The molecule has 0 aliphatic carbocycles. The van der Waals surface area contributed by atoms with E-state index in [9.17, 15) is 10.1 Å². The zero-order valence-corrected chi connectivity index (χ0v) is 11.1. The lowest BCUT2D eigenvalue weighted by atomic mass is 10.1. The second-order valence-corrected chi connectivity index (χ2v) is 4.90. The molecule has 1 heterocycles. The predicted molar refractivity (Wildman–Crippen MR) is 70.5 cm³/mol. The third-order valence-electron chi connectivity index (χ3n) is 2.98. The van der Waals surface area contributed by atoms with Gasteiger partial charge in [-0.15, -0.1) is 0 Å². The van der Waals surface area contributed by atoms with Gasteiger partial charge in [-0.2, -0.15) is 0 Å². The van der Waals surface area contributed by atoms with Gasteiger partial charge >= 0.3 is 0 Å². The normalized spacial score (nSPS) is 15.4. The van der Waals surface area contributed by atoms with Crippen molar-refractivity contribution in [3.8, 4) is 0 Å². The first-order chi connectivity index (χ1) is 8.13. The molecule has 92 valence electrons. The van der Waals surface area contributed by atoms with Gasteiger partial charge in [0.2, 0.25) is 0 Å². The van der Waals surface area contributed by atoms with Crippen molar-refractivity contribution in [2.45, 2.75) is 13.0 Å². The lowest BCUT2D eigenvalue weighted by Gasteiger charge is -2.38. The van der Waals surface area contributed by atoms with Gasteiger partial charge < -0.3 is 10.2 Å². The van der Waals surface area contributed by atoms with Crippen molar-refractivity contribution < 1.29 is 4.92 Å². The molecule has 1 aromatic rings. The smallest absolute Gasteiger partial charge is 0.292 e. The zero-order valence-electron chi connectivity index (χ0n) is 9.52. The second kappa shape index (κ2) is 5.01. The van der Waals surface area contributed by atoms with Gasteiger partial charge in [-0.25, -0.2) is 0 Å². The van der Waals surface area contributed by atoms with Crippen molar-refractivity contribution in [3.63, 3.8) is 0 Å². The SMILES string of the molecule is CCN(c1cc(Br)ccc1[N+](=O)[O-])C1CNC1. The number of halogens is 1. The van der Waals surface area contributed by atoms with E-state index in [1.54, 1.807) is 12.1 Å². The Morgan fingerprint density at radius 2 is 2.29 bits per heavy atom. The molecule has 0 spiro atoms. The van der Waals surface area contributed by atoms with Crippen LogP contribution in [0.4, 0.5) is 11.4 Å². The molecule has 0 atom stereocenters. The fourth-order valence-corrected chi connectivity index (χ4v) is 2.35. The van der Waals surface area contributed by atoms with Crippen molar-refractivity contribution >= 4 is 27.3 Å². The molecule has 1 aliphatic rings. The first kappa shape index (κ1) is 12.3. The Kier molecular flexibility index (Phi) is 3.63. The van der Waals surface area contributed by atoms with E-state index in [2.05, 4.69) is 26.1 Å². The summed E-state index contributed by atoms with van der Waals surface area (Å²) < 4.78 is 0.865. The Hall–Kier alpha value is -1.14. The number of nitro benzene ring substituents is 1. The molecule has 0 unspecified atom stereocenters. The third kappa shape index (κ3) is 2.42. The van der Waals surface area contributed by atoms with Crippen LogP contribution in [-0.4, -0.2) is 30.6 Å². The van der Waals surface area contributed by atoms with E-state index in [-0.39, 0.29) is 10.6 Å². The lowest BCUT2D eigenvalue weighted by molar-refractivity contribution is -0.384. The van der Waals surface area contributed by atoms with Crippen molar-refractivity contribution in [3.05, 3.63) is 32.8 Å². The summed E-state index contributed by atoms with van der Waals surface area (Å²) >= 11 is 3.37. The fraction of sp³-hybridized carbons (Fsp3) is 0.455. The standard InChI is InChI=1S/C11H14BrN3O2/c1-2-14(9-6-13-7-9)11-5-8(12)3-4-10(11)15(16)17/h3-5,9,13H,2,6-7H2,1H3. The summed E-state index contributed by atoms with van der Waals surface area (Å²) in [7, 11) is 0. The topological polar surface area (TPSA) is 58.4 Å². The summed E-state index contributed by atoms with van der Waals surface area (Å²) in [5.41, 5.74) is 0.861. The summed E-state index contributed by atoms with van der Waals surface area (Å²) in [5, 5.41) is 14.2. The van der Waals surface area contributed by atoms with Crippen LogP contribution in [0, 0.1) is 10.1 Å². The molecule has 0 amide bonds. The summed E-state index contributed by atoms with van der Waals surface area (Å²) in [6.07, 6.45) is 0. The van der Waals surface area contributed by atoms with E-state index < -0.39 is 0 Å². The van der Waals surface area contributed by atoms with Crippen LogP contribution in [0.2, 0.25) is 0 Å². The predicted octanol–water partition coefficient (Wildman–Crippen LogP) is 2.16. The van der Waals surface area contributed by atoms with Crippen LogP contribution in [0.1, 0.15) is 6.92 Å². The van der Waals surface area contributed by atoms with Gasteiger partial charge in [-0.1, -0.05) is 15.9 Å². The Morgan fingerprint density at radius 1 is 1.59 bits per heavy atom. The Bertz CT molecular complexity index is 435. The van der Waals surface area contributed by atoms with Crippen LogP contribution >= 0.6 is 15.9 Å². The van der Waals surface area contributed by atoms with Gasteiger partial charge in [0.25, 0.3) is 5.69 Å². The largest absolute Gasteiger partial charge is 0.361 e. The number of nitrogens with one attached hydrogen (secondary N) is 1. The molecule has 0 saturated carbocycles. The first-order valence-corrected chi connectivity index (χ1v) is 6.34. The monoisotopic (exact) mass is 299 g/mol. The van der Waals surface area contributed by atoms with Crippen LogP contribution in [0.25, 0.3) is 0 Å². The number of nitro groups is 1. The number of hydrogen-bond acceptors (Lipinski definition) is 4. The number of benzene rings is 1. The maximum Gasteiger partial charge on any atom is 0.292 e. The highest BCUT2D eigenvalue weighted by molar-refractivity contribution is 9.10. The zero-order chi connectivity index (χ0) is 12.4. The third-order valence-corrected chi connectivity index (χ3v) is 3.48. The summed E-state index contributed by atoms with van der Waals surface area (Å²) in [6.45, 7) is 4.56. The quantitative estimate of drug-likeness (QED) is 0.684. The molecule has 2 rings (SSSR count). The van der Waals surface area contributed by atoms with E-state index in [0.29, 0.717) is 11.7 Å². The first-order valence-electron chi connectivity index (χ1n) is 5.54. The Labute approximate surface area is 108 Å². The highest BCUT2D eigenvalue weighted by atomic mass is 79.9. The highest BCUT2D eigenvalue weighted by Gasteiger charge is 2.28. The van der Waals surface area contributed by atoms with E-state index in [1.165, 1.54) is 0 Å². The average Bonchev–Trinajstić information content (AvgIpc) is 2.22. The lowest BCUT2D eigenvalue weighted by Crippen LogP contribution is -2.57. The molecule has 1 fully saturated rings. The number of rotatable bonds is 4. The molecule has 5 nitrogen and oxygen atoms in total. The Morgan fingerprint density at radius 3 is 2.76 bits per heavy atom. The van der Waals surface area contributed by atoms with Crippen LogP contribution in [-0.2, 0) is 0 Å². The second-order valence-electron chi connectivity index (χ2n) is 3.99. The van der Waals surface area contributed by atoms with Crippen molar-refractivity contribution in [2.75, 3.05) is 24.5 Å². The fourth-order valence-electron chi connectivity index (χ4n) is 2.00. The number of hydrogen-bond donors (Lipinski definition) is 1. The molecular weight excluding hydrogens is 286 g/mol. The van der Waals surface area contributed by atoms with E-state index in [0.717, 1.165) is 24.1 Å². The van der Waals surface area contributed by atoms with E-state index >= 15 is 0 Å². The van der Waals surface area contributed by atoms with Crippen LogP contribution in [0.5, 0.6) is 0 Å². The Balaban J connectivity index is 2.39. The van der Waals surface area contributed by atoms with Gasteiger partial charge in [0.15, 0.2) is 0 Å². The van der Waals surface area contributed by atoms with Gasteiger partial charge in [-0.05, 0) is 19.1 Å².